The fraction of sp³-hybridized carbons (Fsp3) is 0.160. The van der Waals surface area contributed by atoms with E-state index < -0.39 is 33.3 Å². The lowest BCUT2D eigenvalue weighted by Crippen LogP contribution is -2.36. The minimum atomic E-state index is -4.42. The molecule has 1 aliphatic rings. The lowest BCUT2D eigenvalue weighted by molar-refractivity contribution is 0.0919. The number of nitrogens with one attached hydrogen (secondary N) is 2. The van der Waals surface area contributed by atoms with Crippen LogP contribution in [0.1, 0.15) is 28.4 Å². The largest absolute Gasteiger partial charge is 0.506 e. The molecule has 0 saturated carbocycles. The zero-order chi connectivity index (χ0) is 26.3. The number of hydrogen-bond acceptors (Lipinski definition) is 8. The number of aliphatic hydroxyl groups excluding tert-OH is 1. The number of hydrogen-bond donors (Lipinski definition) is 4. The molecule has 2 aromatic heterocycles. The zero-order valence-electron chi connectivity index (χ0n) is 19.5. The normalized spacial score (nSPS) is 14.9. The third-order valence-corrected chi connectivity index (χ3v) is 8.30. The summed E-state index contributed by atoms with van der Waals surface area (Å²) in [7, 11) is -4.42. The van der Waals surface area contributed by atoms with Crippen LogP contribution in [0.5, 0.6) is 5.75 Å². The van der Waals surface area contributed by atoms with Crippen molar-refractivity contribution in [2.75, 3.05) is 11.9 Å². The van der Waals surface area contributed by atoms with Gasteiger partial charge in [0, 0.05) is 16.8 Å². The van der Waals surface area contributed by atoms with E-state index in [0.29, 0.717) is 10.9 Å². The van der Waals surface area contributed by atoms with Crippen LogP contribution in [0.2, 0.25) is 0 Å². The summed E-state index contributed by atoms with van der Waals surface area (Å²) >= 11 is 0.953. The molecular weight excluding hydrogens is 516 g/mol. The van der Waals surface area contributed by atoms with E-state index in [4.69, 9.17) is 0 Å². The molecule has 3 heterocycles. The smallest absolute Gasteiger partial charge is 0.288 e. The lowest BCUT2D eigenvalue weighted by atomic mass is 10.1. The highest BCUT2D eigenvalue weighted by Gasteiger charge is 2.35. The van der Waals surface area contributed by atoms with E-state index in [0.717, 1.165) is 16.9 Å². The van der Waals surface area contributed by atoms with E-state index in [1.807, 2.05) is 30.3 Å². The molecule has 0 aliphatic carbocycles. The summed E-state index contributed by atoms with van der Waals surface area (Å²) in [4.78, 5) is 26.0. The van der Waals surface area contributed by atoms with Crippen LogP contribution >= 0.6 is 11.3 Å². The molecule has 4 aromatic rings. The quantitative estimate of drug-likeness (QED) is 0.295. The van der Waals surface area contributed by atoms with Gasteiger partial charge in [0.25, 0.3) is 21.5 Å². The van der Waals surface area contributed by atoms with E-state index in [9.17, 15) is 28.2 Å². The van der Waals surface area contributed by atoms with E-state index in [1.54, 1.807) is 31.2 Å². The number of pyridine rings is 1. The standard InChI is InChI=1S/C25H22N4O6S2/c1-14(12-30)26-23(32)17-13-36-24-21(17)37(34,35)28-22(27-24)19-20(31)16-9-5-6-10-18(16)29(25(19)33)11-15-7-3-2-4-8-15/h2-10,13-14,30-31H,11-12H2,1H3,(H,26,32)(H,27,28)/t14-/m0/s1. The third kappa shape index (κ3) is 4.39. The number of para-hydroxylation sites is 1. The second-order valence-electron chi connectivity index (χ2n) is 8.52. The van der Waals surface area contributed by atoms with E-state index in [1.165, 1.54) is 9.95 Å². The third-order valence-electron chi connectivity index (χ3n) is 5.91. The molecule has 1 atom stereocenters. The Balaban J connectivity index is 1.65. The Morgan fingerprint density at radius 1 is 1.16 bits per heavy atom. The van der Waals surface area contributed by atoms with Crippen molar-refractivity contribution in [2.45, 2.75) is 24.4 Å². The molecule has 0 saturated heterocycles. The molecule has 0 fully saturated rings. The summed E-state index contributed by atoms with van der Waals surface area (Å²) in [6.45, 7) is 1.44. The minimum absolute atomic E-state index is 0.0911. The number of aliphatic hydroxyl groups is 1. The number of amides is 1. The lowest BCUT2D eigenvalue weighted by Gasteiger charge is -2.19. The van der Waals surface area contributed by atoms with Gasteiger partial charge in [0.1, 0.15) is 21.2 Å². The summed E-state index contributed by atoms with van der Waals surface area (Å²) in [5, 5.41) is 27.5. The van der Waals surface area contributed by atoms with Crippen molar-refractivity contribution in [3.05, 3.63) is 87.0 Å². The van der Waals surface area contributed by atoms with E-state index in [-0.39, 0.29) is 40.0 Å². The van der Waals surface area contributed by atoms with Gasteiger partial charge in [0.15, 0.2) is 5.84 Å². The molecule has 0 spiro atoms. The molecule has 190 valence electrons. The number of thiophene rings is 1. The Morgan fingerprint density at radius 2 is 1.86 bits per heavy atom. The van der Waals surface area contributed by atoms with Crippen LogP contribution in [0.15, 0.2) is 74.1 Å². The first kappa shape index (κ1) is 24.7. The molecule has 0 unspecified atom stereocenters. The van der Waals surface area contributed by atoms with Gasteiger partial charge in [-0.3, -0.25) is 9.59 Å². The van der Waals surface area contributed by atoms with Gasteiger partial charge in [-0.1, -0.05) is 42.5 Å². The number of aromatic nitrogens is 1. The first-order valence-electron chi connectivity index (χ1n) is 11.2. The number of anilines is 1. The number of nitrogens with zero attached hydrogens (tertiary/aromatic N) is 2. The SMILES string of the molecule is C[C@@H](CO)NC(=O)c1csc2c1S(=O)(=O)N=C(c1c(O)c3ccccc3n(Cc3ccccc3)c1=O)N2. The van der Waals surface area contributed by atoms with E-state index in [2.05, 4.69) is 15.0 Å². The Hall–Kier alpha value is -4.00. The Kier molecular flexibility index (Phi) is 6.31. The molecule has 5 rings (SSSR count). The van der Waals surface area contributed by atoms with Gasteiger partial charge >= 0.3 is 0 Å². The first-order chi connectivity index (χ1) is 17.7. The van der Waals surface area contributed by atoms with Crippen LogP contribution in [0, 0.1) is 0 Å². The van der Waals surface area contributed by atoms with Gasteiger partial charge in [-0.05, 0) is 24.6 Å². The minimum Gasteiger partial charge on any atom is -0.506 e. The van der Waals surface area contributed by atoms with Crippen molar-refractivity contribution in [2.24, 2.45) is 4.40 Å². The predicted octanol–water partition coefficient (Wildman–Crippen LogP) is 2.49. The number of rotatable bonds is 6. The predicted molar refractivity (Wildman–Crippen MR) is 141 cm³/mol. The van der Waals surface area contributed by atoms with Crippen molar-refractivity contribution in [3.8, 4) is 5.75 Å². The molecule has 37 heavy (non-hydrogen) atoms. The van der Waals surface area contributed by atoms with Gasteiger partial charge in [-0.15, -0.1) is 15.7 Å². The maximum atomic E-state index is 13.7. The first-order valence-corrected chi connectivity index (χ1v) is 13.6. The number of amidine groups is 1. The molecule has 0 bridgehead atoms. The highest BCUT2D eigenvalue weighted by molar-refractivity contribution is 7.90. The molecule has 0 radical (unpaired) electrons. The average Bonchev–Trinajstić information content (AvgIpc) is 3.32. The molecule has 10 nitrogen and oxygen atoms in total. The topological polar surface area (TPSA) is 150 Å². The van der Waals surface area contributed by atoms with E-state index >= 15 is 0 Å². The molecule has 4 N–H and O–H groups in total. The van der Waals surface area contributed by atoms with Crippen molar-refractivity contribution in [1.29, 1.82) is 0 Å². The Morgan fingerprint density at radius 3 is 2.59 bits per heavy atom. The molecule has 2 aromatic carbocycles. The molecular formula is C25H22N4O6S2. The van der Waals surface area contributed by atoms with Gasteiger partial charge in [-0.2, -0.15) is 8.42 Å². The molecule has 1 amide bonds. The molecule has 12 heteroatoms. The van der Waals surface area contributed by atoms with Crippen LogP contribution in [0.25, 0.3) is 10.9 Å². The van der Waals surface area contributed by atoms with Gasteiger partial charge < -0.3 is 25.4 Å². The van der Waals surface area contributed by atoms with Crippen LogP contribution < -0.4 is 16.2 Å². The number of fused-ring (bicyclic) bond motifs is 2. The van der Waals surface area contributed by atoms with Crippen LogP contribution in [-0.2, 0) is 16.6 Å². The summed E-state index contributed by atoms with van der Waals surface area (Å²) in [5.74, 6) is -1.41. The Labute approximate surface area is 215 Å². The second-order valence-corrected chi connectivity index (χ2v) is 10.9. The van der Waals surface area contributed by atoms with Crippen molar-refractivity contribution < 1.29 is 23.4 Å². The van der Waals surface area contributed by atoms with Crippen LogP contribution in [0.3, 0.4) is 0 Å². The van der Waals surface area contributed by atoms with Gasteiger partial charge in [0.2, 0.25) is 0 Å². The monoisotopic (exact) mass is 538 g/mol. The Bertz CT molecular complexity index is 1730. The van der Waals surface area contributed by atoms with Gasteiger partial charge in [-0.25, -0.2) is 0 Å². The fourth-order valence-electron chi connectivity index (χ4n) is 4.12. The number of benzene rings is 2. The highest BCUT2D eigenvalue weighted by Crippen LogP contribution is 2.38. The molecule has 1 aliphatic heterocycles. The second kappa shape index (κ2) is 9.47. The number of carbonyl (C=O) groups is 1. The number of sulfonamides is 1. The summed E-state index contributed by atoms with van der Waals surface area (Å²) in [5.41, 5.74) is 0.268. The van der Waals surface area contributed by atoms with Crippen LogP contribution in [0.4, 0.5) is 5.00 Å². The maximum absolute atomic E-state index is 13.7. The zero-order valence-corrected chi connectivity index (χ0v) is 21.1. The summed E-state index contributed by atoms with van der Waals surface area (Å²) < 4.78 is 31.7. The fourth-order valence-corrected chi connectivity index (χ4v) is 6.68. The van der Waals surface area contributed by atoms with Crippen molar-refractivity contribution >= 4 is 49.0 Å². The maximum Gasteiger partial charge on any atom is 0.288 e. The van der Waals surface area contributed by atoms with Crippen molar-refractivity contribution in [3.63, 3.8) is 0 Å². The van der Waals surface area contributed by atoms with Crippen molar-refractivity contribution in [1.82, 2.24) is 9.88 Å². The summed E-state index contributed by atoms with van der Waals surface area (Å²) in [6, 6.07) is 15.5. The number of aromatic hydroxyl groups is 1. The average molecular weight is 539 g/mol. The summed E-state index contributed by atoms with van der Waals surface area (Å²) in [6.07, 6.45) is 0. The van der Waals surface area contributed by atoms with Crippen LogP contribution in [-0.4, -0.2) is 47.6 Å². The van der Waals surface area contributed by atoms with Gasteiger partial charge in [0.05, 0.1) is 24.2 Å². The number of carbonyl (C=O) groups excluding carboxylic acids is 1. The highest BCUT2D eigenvalue weighted by atomic mass is 32.2.